The average molecular weight is 505 g/mol. The summed E-state index contributed by atoms with van der Waals surface area (Å²) in [6.45, 7) is 1.06. The smallest absolute Gasteiger partial charge is 0.419 e. The standard InChI is InChI=1S/C25H20ClF3N2O4/c1-34-21-12-15(6-7-17(21)25(27,28)29)23(33)16-13-22-24(8-10-30(26)11-9-24)35-20-5-3-2-4-18(20)31(22)19(16)14-32/h2-7,12-14H,8-11H2,1H3. The molecule has 35 heavy (non-hydrogen) atoms. The Labute approximate surface area is 203 Å². The molecule has 2 aliphatic rings. The maximum absolute atomic E-state index is 13.5. The van der Waals surface area contributed by atoms with Crippen molar-refractivity contribution in [3.8, 4) is 17.2 Å². The van der Waals surface area contributed by atoms with Crippen LogP contribution >= 0.6 is 11.8 Å². The topological polar surface area (TPSA) is 60.8 Å². The average Bonchev–Trinajstić information content (AvgIpc) is 3.25. The number of methoxy groups -OCH3 is 1. The number of hydrogen-bond donors (Lipinski definition) is 0. The van der Waals surface area contributed by atoms with E-state index in [1.807, 2.05) is 6.07 Å². The van der Waals surface area contributed by atoms with Crippen LogP contribution in [-0.4, -0.2) is 41.3 Å². The molecule has 182 valence electrons. The number of halogens is 4. The Bertz CT molecular complexity index is 1330. The Morgan fingerprint density at radius 2 is 1.86 bits per heavy atom. The highest BCUT2D eigenvalue weighted by Gasteiger charge is 2.46. The number of aromatic nitrogens is 1. The van der Waals surface area contributed by atoms with E-state index in [4.69, 9.17) is 21.3 Å². The van der Waals surface area contributed by atoms with Gasteiger partial charge in [0.1, 0.15) is 11.5 Å². The van der Waals surface area contributed by atoms with Crippen molar-refractivity contribution in [2.75, 3.05) is 20.2 Å². The predicted octanol–water partition coefficient (Wildman–Crippen LogP) is 5.39. The molecule has 3 aromatic rings. The zero-order chi connectivity index (χ0) is 25.0. The highest BCUT2D eigenvalue weighted by Crippen LogP contribution is 2.47. The van der Waals surface area contributed by atoms with Gasteiger partial charge in [-0.3, -0.25) is 9.59 Å². The molecule has 3 heterocycles. The van der Waals surface area contributed by atoms with Crippen LogP contribution in [-0.2, 0) is 11.8 Å². The molecule has 0 aliphatic carbocycles. The van der Waals surface area contributed by atoms with Crippen LogP contribution in [0.15, 0.2) is 48.5 Å². The van der Waals surface area contributed by atoms with Crippen LogP contribution in [0.3, 0.4) is 0 Å². The highest BCUT2D eigenvalue weighted by atomic mass is 35.5. The molecule has 1 spiro atoms. The molecule has 2 aliphatic heterocycles. The normalized spacial score (nSPS) is 16.8. The molecule has 0 unspecified atom stereocenters. The summed E-state index contributed by atoms with van der Waals surface area (Å²) in [4.78, 5) is 25.9. The third-order valence-corrected chi connectivity index (χ3v) is 6.90. The number of hydrogen-bond acceptors (Lipinski definition) is 5. The minimum Gasteiger partial charge on any atom is -0.496 e. The minimum atomic E-state index is -4.64. The second kappa shape index (κ2) is 8.42. The molecule has 1 fully saturated rings. The van der Waals surface area contributed by atoms with Crippen LogP contribution in [0, 0.1) is 0 Å². The van der Waals surface area contributed by atoms with E-state index in [1.54, 1.807) is 33.3 Å². The molecule has 0 N–H and O–H groups in total. The van der Waals surface area contributed by atoms with Crippen molar-refractivity contribution >= 4 is 23.8 Å². The maximum atomic E-state index is 13.5. The second-order valence-electron chi connectivity index (χ2n) is 8.50. The van der Waals surface area contributed by atoms with Crippen molar-refractivity contribution in [2.45, 2.75) is 24.6 Å². The molecule has 10 heteroatoms. The van der Waals surface area contributed by atoms with Crippen LogP contribution in [0.5, 0.6) is 11.5 Å². The van der Waals surface area contributed by atoms with Crippen LogP contribution in [0.1, 0.15) is 50.5 Å². The van der Waals surface area contributed by atoms with Crippen LogP contribution in [0.4, 0.5) is 13.2 Å². The first kappa shape index (κ1) is 23.4. The summed E-state index contributed by atoms with van der Waals surface area (Å²) >= 11 is 6.18. The molecule has 0 atom stereocenters. The Balaban J connectivity index is 1.67. The number of para-hydroxylation sites is 2. The van der Waals surface area contributed by atoms with E-state index in [1.165, 1.54) is 0 Å². The van der Waals surface area contributed by atoms with Crippen LogP contribution in [0.25, 0.3) is 5.69 Å². The third kappa shape index (κ3) is 3.79. The van der Waals surface area contributed by atoms with Gasteiger partial charge in [-0.2, -0.15) is 13.2 Å². The number of piperidine rings is 1. The van der Waals surface area contributed by atoms with E-state index in [0.29, 0.717) is 49.3 Å². The number of aldehydes is 1. The maximum Gasteiger partial charge on any atom is 0.419 e. The summed E-state index contributed by atoms with van der Waals surface area (Å²) in [5, 5.41) is 0. The van der Waals surface area contributed by atoms with E-state index < -0.39 is 28.9 Å². The van der Waals surface area contributed by atoms with Crippen molar-refractivity contribution in [2.24, 2.45) is 0 Å². The molecule has 2 aromatic carbocycles. The van der Waals surface area contributed by atoms with Crippen molar-refractivity contribution in [1.82, 2.24) is 8.99 Å². The number of carbonyl (C=O) groups excluding carboxylic acids is 2. The Kier molecular flexibility index (Phi) is 5.64. The minimum absolute atomic E-state index is 0.0280. The van der Waals surface area contributed by atoms with E-state index in [0.717, 1.165) is 25.3 Å². The zero-order valence-electron chi connectivity index (χ0n) is 18.6. The van der Waals surface area contributed by atoms with Gasteiger partial charge in [0.2, 0.25) is 0 Å². The Hall–Kier alpha value is -3.30. The summed E-state index contributed by atoms with van der Waals surface area (Å²) in [5.41, 5.74) is -0.416. The van der Waals surface area contributed by atoms with Crippen molar-refractivity contribution in [3.63, 3.8) is 0 Å². The molecule has 1 saturated heterocycles. The fraction of sp³-hybridized carbons (Fsp3) is 0.280. The van der Waals surface area contributed by atoms with Crippen molar-refractivity contribution in [3.05, 3.63) is 76.6 Å². The van der Waals surface area contributed by atoms with Gasteiger partial charge in [-0.25, -0.2) is 4.42 Å². The van der Waals surface area contributed by atoms with Gasteiger partial charge >= 0.3 is 6.18 Å². The summed E-state index contributed by atoms with van der Waals surface area (Å²) in [7, 11) is 1.11. The molecule has 0 bridgehead atoms. The molecular formula is C25H20ClF3N2O4. The first-order valence-electron chi connectivity index (χ1n) is 10.9. The van der Waals surface area contributed by atoms with Gasteiger partial charge in [0.25, 0.3) is 0 Å². The van der Waals surface area contributed by atoms with Gasteiger partial charge in [-0.1, -0.05) is 18.2 Å². The van der Waals surface area contributed by atoms with Crippen LogP contribution < -0.4 is 9.47 Å². The monoisotopic (exact) mass is 504 g/mol. The molecule has 0 amide bonds. The van der Waals surface area contributed by atoms with E-state index in [-0.39, 0.29) is 16.8 Å². The highest BCUT2D eigenvalue weighted by molar-refractivity contribution is 6.13. The largest absolute Gasteiger partial charge is 0.496 e. The van der Waals surface area contributed by atoms with Crippen LogP contribution in [0.2, 0.25) is 0 Å². The lowest BCUT2D eigenvalue weighted by atomic mass is 9.87. The molecule has 5 rings (SSSR count). The first-order valence-corrected chi connectivity index (χ1v) is 11.2. The van der Waals surface area contributed by atoms with Gasteiger partial charge in [-0.15, -0.1) is 0 Å². The lowest BCUT2D eigenvalue weighted by Gasteiger charge is -2.43. The molecule has 0 saturated carbocycles. The predicted molar refractivity (Wildman–Crippen MR) is 122 cm³/mol. The SMILES string of the molecule is COc1cc(C(=O)c2cc3n(c2C=O)-c2ccccc2OC32CCN(Cl)CC2)ccc1C(F)(F)F. The number of carbonyl (C=O) groups is 2. The van der Waals surface area contributed by atoms with Gasteiger partial charge in [-0.05, 0) is 42.1 Å². The second-order valence-corrected chi connectivity index (χ2v) is 8.98. The number of rotatable bonds is 4. The van der Waals surface area contributed by atoms with Crippen molar-refractivity contribution in [1.29, 1.82) is 0 Å². The summed E-state index contributed by atoms with van der Waals surface area (Å²) in [6.07, 6.45) is -3.00. The number of benzene rings is 2. The van der Waals surface area contributed by atoms with Gasteiger partial charge in [0, 0.05) is 31.5 Å². The fourth-order valence-electron chi connectivity index (χ4n) is 4.83. The molecular weight excluding hydrogens is 485 g/mol. The fourth-order valence-corrected chi connectivity index (χ4v) is 5.00. The summed E-state index contributed by atoms with van der Waals surface area (Å²) < 4.78 is 54.6. The number of alkyl halides is 3. The van der Waals surface area contributed by atoms with E-state index in [9.17, 15) is 22.8 Å². The third-order valence-electron chi connectivity index (χ3n) is 6.56. The quantitative estimate of drug-likeness (QED) is 0.271. The van der Waals surface area contributed by atoms with Gasteiger partial charge in [0.15, 0.2) is 17.7 Å². The number of fused-ring (bicyclic) bond motifs is 4. The molecule has 0 radical (unpaired) electrons. The first-order chi connectivity index (χ1) is 16.7. The van der Waals surface area contributed by atoms with Gasteiger partial charge in [0.05, 0.1) is 35.3 Å². The zero-order valence-corrected chi connectivity index (χ0v) is 19.3. The van der Waals surface area contributed by atoms with E-state index >= 15 is 0 Å². The molecule has 1 aromatic heterocycles. The molecule has 6 nitrogen and oxygen atoms in total. The lowest BCUT2D eigenvalue weighted by molar-refractivity contribution is -0.138. The van der Waals surface area contributed by atoms with Gasteiger partial charge < -0.3 is 14.0 Å². The Morgan fingerprint density at radius 3 is 2.51 bits per heavy atom. The Morgan fingerprint density at radius 1 is 1.14 bits per heavy atom. The number of ketones is 1. The van der Waals surface area contributed by atoms with E-state index in [2.05, 4.69) is 0 Å². The summed E-state index contributed by atoms with van der Waals surface area (Å²) in [5.74, 6) is -0.500. The summed E-state index contributed by atoms with van der Waals surface area (Å²) in [6, 6.07) is 11.7. The lowest BCUT2D eigenvalue weighted by Crippen LogP contribution is -2.46. The number of ether oxygens (including phenoxy) is 2. The van der Waals surface area contributed by atoms with Crippen molar-refractivity contribution < 1.29 is 32.2 Å². The number of nitrogens with zero attached hydrogens (tertiary/aromatic N) is 2.